The second-order valence-electron chi connectivity index (χ2n) is 6.36. The summed E-state index contributed by atoms with van der Waals surface area (Å²) in [7, 11) is 0. The number of aromatic nitrogens is 5. The summed E-state index contributed by atoms with van der Waals surface area (Å²) in [5.74, 6) is 0.644. The van der Waals surface area contributed by atoms with Crippen molar-refractivity contribution in [2.75, 3.05) is 5.32 Å². The first kappa shape index (κ1) is 18.0. The Labute approximate surface area is 166 Å². The third-order valence-electron chi connectivity index (χ3n) is 4.25. The van der Waals surface area contributed by atoms with Gasteiger partial charge in [-0.3, -0.25) is 4.79 Å². The molecule has 1 amide bonds. The Morgan fingerprint density at radius 1 is 1.07 bits per heavy atom. The standard InChI is InChI=1S/C20H18N6OS/c1-13-23-24-25-26(13)18-9-3-15(4-10-18)11-20(27)22-17-7-5-16(6-8-17)19-12-28-14(2)21-19/h3-10,12H,11H2,1-2H3,(H,22,27). The van der Waals surface area contributed by atoms with Crippen LogP contribution in [0.25, 0.3) is 16.9 Å². The minimum Gasteiger partial charge on any atom is -0.326 e. The molecule has 0 saturated heterocycles. The van der Waals surface area contributed by atoms with Crippen LogP contribution in [0.2, 0.25) is 0 Å². The van der Waals surface area contributed by atoms with Gasteiger partial charge in [0.2, 0.25) is 5.91 Å². The van der Waals surface area contributed by atoms with E-state index in [9.17, 15) is 4.79 Å². The maximum absolute atomic E-state index is 12.3. The molecule has 140 valence electrons. The van der Waals surface area contributed by atoms with E-state index in [0.717, 1.165) is 33.2 Å². The van der Waals surface area contributed by atoms with E-state index in [1.54, 1.807) is 16.0 Å². The average molecular weight is 390 g/mol. The number of nitrogens with one attached hydrogen (secondary N) is 1. The van der Waals surface area contributed by atoms with Crippen LogP contribution in [0.1, 0.15) is 16.4 Å². The van der Waals surface area contributed by atoms with Crippen molar-refractivity contribution in [3.63, 3.8) is 0 Å². The van der Waals surface area contributed by atoms with E-state index in [1.807, 2.05) is 67.8 Å². The normalized spacial score (nSPS) is 10.8. The lowest BCUT2D eigenvalue weighted by Gasteiger charge is -2.07. The van der Waals surface area contributed by atoms with Crippen LogP contribution in [0.3, 0.4) is 0 Å². The summed E-state index contributed by atoms with van der Waals surface area (Å²) in [5, 5.41) is 17.4. The molecule has 0 spiro atoms. The number of hydrogen-bond donors (Lipinski definition) is 1. The highest BCUT2D eigenvalue weighted by Crippen LogP contribution is 2.23. The van der Waals surface area contributed by atoms with Gasteiger partial charge in [-0.25, -0.2) is 4.98 Å². The number of aryl methyl sites for hydroxylation is 2. The lowest BCUT2D eigenvalue weighted by atomic mass is 10.1. The van der Waals surface area contributed by atoms with Gasteiger partial charge in [0.25, 0.3) is 0 Å². The Bertz CT molecular complexity index is 1100. The summed E-state index contributed by atoms with van der Waals surface area (Å²) in [6.45, 7) is 3.82. The summed E-state index contributed by atoms with van der Waals surface area (Å²) in [5.41, 5.74) is 4.54. The number of tetrazole rings is 1. The van der Waals surface area contributed by atoms with Gasteiger partial charge in [-0.2, -0.15) is 4.68 Å². The van der Waals surface area contributed by atoms with Gasteiger partial charge in [0.1, 0.15) is 0 Å². The number of nitrogens with zero attached hydrogens (tertiary/aromatic N) is 5. The maximum atomic E-state index is 12.3. The molecule has 2 aromatic heterocycles. The molecule has 0 fully saturated rings. The van der Waals surface area contributed by atoms with Crippen LogP contribution in [0.5, 0.6) is 0 Å². The molecule has 28 heavy (non-hydrogen) atoms. The average Bonchev–Trinajstić information content (AvgIpc) is 3.31. The molecule has 0 bridgehead atoms. The molecule has 0 unspecified atom stereocenters. The highest BCUT2D eigenvalue weighted by molar-refractivity contribution is 7.09. The van der Waals surface area contributed by atoms with Gasteiger partial charge in [0.15, 0.2) is 5.82 Å². The van der Waals surface area contributed by atoms with Crippen LogP contribution in [0, 0.1) is 13.8 Å². The lowest BCUT2D eigenvalue weighted by Crippen LogP contribution is -2.14. The zero-order valence-corrected chi connectivity index (χ0v) is 16.3. The Hall–Kier alpha value is -3.39. The third kappa shape index (κ3) is 3.96. The van der Waals surface area contributed by atoms with Gasteiger partial charge in [-0.15, -0.1) is 16.4 Å². The SMILES string of the molecule is Cc1nc(-c2ccc(NC(=O)Cc3ccc(-n4nnnc4C)cc3)cc2)cs1. The molecule has 4 rings (SSSR count). The Morgan fingerprint density at radius 2 is 1.82 bits per heavy atom. The summed E-state index contributed by atoms with van der Waals surface area (Å²) in [4.78, 5) is 16.8. The first-order valence-electron chi connectivity index (χ1n) is 8.75. The van der Waals surface area contributed by atoms with E-state index < -0.39 is 0 Å². The minimum absolute atomic E-state index is 0.0661. The van der Waals surface area contributed by atoms with Crippen LogP contribution < -0.4 is 5.32 Å². The smallest absolute Gasteiger partial charge is 0.228 e. The largest absolute Gasteiger partial charge is 0.326 e. The molecular weight excluding hydrogens is 372 g/mol. The number of rotatable bonds is 5. The molecule has 2 heterocycles. The summed E-state index contributed by atoms with van der Waals surface area (Å²) in [6, 6.07) is 15.3. The van der Waals surface area contributed by atoms with E-state index in [1.165, 1.54) is 0 Å². The third-order valence-corrected chi connectivity index (χ3v) is 5.03. The van der Waals surface area contributed by atoms with Crippen molar-refractivity contribution >= 4 is 22.9 Å². The summed E-state index contributed by atoms with van der Waals surface area (Å²) >= 11 is 1.62. The fourth-order valence-corrected chi connectivity index (χ4v) is 3.46. The molecule has 8 heteroatoms. The molecule has 0 aliphatic carbocycles. The van der Waals surface area contributed by atoms with Crippen molar-refractivity contribution in [2.24, 2.45) is 0 Å². The number of benzene rings is 2. The van der Waals surface area contributed by atoms with Gasteiger partial charge in [0, 0.05) is 16.6 Å². The Balaban J connectivity index is 1.38. The van der Waals surface area contributed by atoms with Crippen molar-refractivity contribution in [1.82, 2.24) is 25.2 Å². The van der Waals surface area contributed by atoms with E-state index in [2.05, 4.69) is 25.8 Å². The molecular formula is C20H18N6OS. The summed E-state index contributed by atoms with van der Waals surface area (Å²) < 4.78 is 1.65. The Kier molecular flexibility index (Phi) is 4.94. The van der Waals surface area contributed by atoms with Crippen LogP contribution >= 0.6 is 11.3 Å². The van der Waals surface area contributed by atoms with Crippen molar-refractivity contribution in [2.45, 2.75) is 20.3 Å². The number of thiazole rings is 1. The van der Waals surface area contributed by atoms with Crippen LogP contribution in [-0.2, 0) is 11.2 Å². The minimum atomic E-state index is -0.0661. The molecule has 4 aromatic rings. The van der Waals surface area contributed by atoms with E-state index >= 15 is 0 Å². The monoisotopic (exact) mass is 390 g/mol. The quantitative estimate of drug-likeness (QED) is 0.563. The molecule has 0 radical (unpaired) electrons. The fraction of sp³-hybridized carbons (Fsp3) is 0.150. The second-order valence-corrected chi connectivity index (χ2v) is 7.42. The zero-order valence-electron chi connectivity index (χ0n) is 15.5. The summed E-state index contributed by atoms with van der Waals surface area (Å²) in [6.07, 6.45) is 0.294. The molecule has 1 N–H and O–H groups in total. The van der Waals surface area contributed by atoms with Crippen molar-refractivity contribution in [3.05, 3.63) is 70.3 Å². The molecule has 0 saturated carbocycles. The number of amides is 1. The van der Waals surface area contributed by atoms with Gasteiger partial charge in [-0.05, 0) is 54.1 Å². The van der Waals surface area contributed by atoms with E-state index in [0.29, 0.717) is 12.2 Å². The second kappa shape index (κ2) is 7.69. The van der Waals surface area contributed by atoms with Crippen molar-refractivity contribution in [3.8, 4) is 16.9 Å². The maximum Gasteiger partial charge on any atom is 0.228 e. The van der Waals surface area contributed by atoms with Crippen molar-refractivity contribution < 1.29 is 4.79 Å². The Morgan fingerprint density at radius 3 is 2.43 bits per heavy atom. The highest BCUT2D eigenvalue weighted by atomic mass is 32.1. The van der Waals surface area contributed by atoms with Gasteiger partial charge < -0.3 is 5.32 Å². The number of anilines is 1. The topological polar surface area (TPSA) is 85.6 Å². The number of carbonyl (C=O) groups excluding carboxylic acids is 1. The van der Waals surface area contributed by atoms with Crippen LogP contribution in [-0.4, -0.2) is 31.1 Å². The molecule has 0 atom stereocenters. The van der Waals surface area contributed by atoms with Gasteiger partial charge >= 0.3 is 0 Å². The van der Waals surface area contributed by atoms with E-state index in [4.69, 9.17) is 0 Å². The van der Waals surface area contributed by atoms with Crippen LogP contribution in [0.15, 0.2) is 53.9 Å². The zero-order chi connectivity index (χ0) is 19.5. The number of carbonyl (C=O) groups is 1. The predicted molar refractivity (Wildman–Crippen MR) is 109 cm³/mol. The molecule has 0 aliphatic rings. The molecule has 0 aliphatic heterocycles. The van der Waals surface area contributed by atoms with Gasteiger partial charge in [-0.1, -0.05) is 24.3 Å². The predicted octanol–water partition coefficient (Wildman–Crippen LogP) is 3.58. The first-order valence-corrected chi connectivity index (χ1v) is 9.63. The molecule has 7 nitrogen and oxygen atoms in total. The van der Waals surface area contributed by atoms with Crippen molar-refractivity contribution in [1.29, 1.82) is 0 Å². The van der Waals surface area contributed by atoms with Crippen LogP contribution in [0.4, 0.5) is 5.69 Å². The van der Waals surface area contributed by atoms with Gasteiger partial charge in [0.05, 0.1) is 22.8 Å². The first-order chi connectivity index (χ1) is 13.6. The van der Waals surface area contributed by atoms with E-state index in [-0.39, 0.29) is 5.91 Å². The fourth-order valence-electron chi connectivity index (χ4n) is 2.84. The lowest BCUT2D eigenvalue weighted by molar-refractivity contribution is -0.115. The number of hydrogen-bond acceptors (Lipinski definition) is 6. The molecule has 2 aromatic carbocycles. The highest BCUT2D eigenvalue weighted by Gasteiger charge is 2.08.